The van der Waals surface area contributed by atoms with Gasteiger partial charge in [0.05, 0.1) is 18.1 Å². The van der Waals surface area contributed by atoms with Crippen LogP contribution in [0.5, 0.6) is 0 Å². The lowest BCUT2D eigenvalue weighted by Gasteiger charge is -2.06. The van der Waals surface area contributed by atoms with Gasteiger partial charge in [-0.15, -0.1) is 22.9 Å². The number of nitrogens with zero attached hydrogens (tertiary/aromatic N) is 4. The topological polar surface area (TPSA) is 35.6 Å². The molecule has 4 nitrogen and oxygen atoms in total. The molecule has 3 rings (SSSR count). The second kappa shape index (κ2) is 5.22. The van der Waals surface area contributed by atoms with Crippen LogP contribution in [0.15, 0.2) is 12.1 Å². The first-order valence-corrected chi connectivity index (χ1v) is 8.01. The van der Waals surface area contributed by atoms with E-state index in [1.165, 1.54) is 9.75 Å². The molecule has 0 amide bonds. The molecule has 0 aliphatic rings. The number of hydrogen-bond acceptors (Lipinski definition) is 3. The lowest BCUT2D eigenvalue weighted by atomic mass is 10.3. The molecule has 3 aromatic rings. The van der Waals surface area contributed by atoms with Crippen LogP contribution in [0.4, 0.5) is 0 Å². The Balaban J connectivity index is 2.09. The van der Waals surface area contributed by atoms with Crippen LogP contribution >= 0.6 is 22.9 Å². The first kappa shape index (κ1) is 13.6. The number of halogens is 1. The second-order valence-electron chi connectivity index (χ2n) is 4.85. The smallest absolute Gasteiger partial charge is 0.159 e. The number of imidazole rings is 1. The van der Waals surface area contributed by atoms with Crippen molar-refractivity contribution in [3.05, 3.63) is 33.4 Å². The van der Waals surface area contributed by atoms with Crippen LogP contribution in [0.2, 0.25) is 0 Å². The van der Waals surface area contributed by atoms with E-state index < -0.39 is 0 Å². The van der Waals surface area contributed by atoms with Crippen LogP contribution < -0.4 is 0 Å². The standard InChI is InChI=1S/C14H17ClN4S/c1-4-10-5-6-11(20-10)8-19-12(7-15)16-13-9(2)17-18(3)14(13)19/h5-6H,4,7-8H2,1-3H3. The van der Waals surface area contributed by atoms with Crippen molar-refractivity contribution >= 4 is 34.1 Å². The number of rotatable bonds is 4. The van der Waals surface area contributed by atoms with Crippen molar-refractivity contribution < 1.29 is 0 Å². The van der Waals surface area contributed by atoms with Crippen LogP contribution in [0.1, 0.15) is 28.2 Å². The van der Waals surface area contributed by atoms with Gasteiger partial charge in [0, 0.05) is 16.8 Å². The van der Waals surface area contributed by atoms with Crippen molar-refractivity contribution in [3.63, 3.8) is 0 Å². The van der Waals surface area contributed by atoms with Crippen molar-refractivity contribution in [1.29, 1.82) is 0 Å². The van der Waals surface area contributed by atoms with E-state index in [0.29, 0.717) is 5.88 Å². The van der Waals surface area contributed by atoms with E-state index in [-0.39, 0.29) is 0 Å². The largest absolute Gasteiger partial charge is 0.307 e. The second-order valence-corrected chi connectivity index (χ2v) is 6.37. The van der Waals surface area contributed by atoms with Gasteiger partial charge in [-0.2, -0.15) is 5.10 Å². The number of aryl methyl sites for hydroxylation is 3. The molecule has 6 heteroatoms. The summed E-state index contributed by atoms with van der Waals surface area (Å²) in [5.41, 5.74) is 2.95. The third kappa shape index (κ3) is 2.15. The van der Waals surface area contributed by atoms with Gasteiger partial charge < -0.3 is 4.57 Å². The minimum absolute atomic E-state index is 0.417. The van der Waals surface area contributed by atoms with Crippen molar-refractivity contribution in [2.75, 3.05) is 0 Å². The zero-order valence-corrected chi connectivity index (χ0v) is 13.4. The van der Waals surface area contributed by atoms with Crippen LogP contribution in [0, 0.1) is 6.92 Å². The van der Waals surface area contributed by atoms with E-state index in [4.69, 9.17) is 11.6 Å². The molecule has 3 heterocycles. The van der Waals surface area contributed by atoms with E-state index in [0.717, 1.165) is 35.6 Å². The highest BCUT2D eigenvalue weighted by Crippen LogP contribution is 2.24. The number of fused-ring (bicyclic) bond motifs is 1. The van der Waals surface area contributed by atoms with Gasteiger partial charge in [0.15, 0.2) is 5.65 Å². The van der Waals surface area contributed by atoms with E-state index in [2.05, 4.69) is 33.7 Å². The first-order valence-electron chi connectivity index (χ1n) is 6.66. The lowest BCUT2D eigenvalue weighted by Crippen LogP contribution is -2.06. The summed E-state index contributed by atoms with van der Waals surface area (Å²) < 4.78 is 4.07. The maximum atomic E-state index is 6.05. The Labute approximate surface area is 127 Å². The maximum absolute atomic E-state index is 6.05. The zero-order valence-electron chi connectivity index (χ0n) is 11.9. The predicted octanol–water partition coefficient (Wildman–Crippen LogP) is 3.49. The van der Waals surface area contributed by atoms with E-state index in [1.807, 2.05) is 30.0 Å². The van der Waals surface area contributed by atoms with Gasteiger partial charge in [-0.05, 0) is 25.5 Å². The Morgan fingerprint density at radius 3 is 2.70 bits per heavy atom. The summed E-state index contributed by atoms with van der Waals surface area (Å²) in [4.78, 5) is 7.36. The Morgan fingerprint density at radius 2 is 2.05 bits per heavy atom. The Kier molecular flexibility index (Phi) is 3.56. The molecular formula is C14H17ClN4S. The van der Waals surface area contributed by atoms with Crippen molar-refractivity contribution in [1.82, 2.24) is 19.3 Å². The quantitative estimate of drug-likeness (QED) is 0.692. The first-order chi connectivity index (χ1) is 9.63. The highest BCUT2D eigenvalue weighted by molar-refractivity contribution is 7.11. The lowest BCUT2D eigenvalue weighted by molar-refractivity contribution is 0.706. The summed E-state index contributed by atoms with van der Waals surface area (Å²) >= 11 is 7.90. The zero-order chi connectivity index (χ0) is 14.3. The third-order valence-electron chi connectivity index (χ3n) is 3.47. The molecule has 0 saturated heterocycles. The van der Waals surface area contributed by atoms with Gasteiger partial charge >= 0.3 is 0 Å². The minimum atomic E-state index is 0.417. The monoisotopic (exact) mass is 308 g/mol. The average Bonchev–Trinajstić information content (AvgIpc) is 3.09. The van der Waals surface area contributed by atoms with Gasteiger partial charge in [-0.25, -0.2) is 4.98 Å². The van der Waals surface area contributed by atoms with Crippen molar-refractivity contribution in [3.8, 4) is 0 Å². The molecule has 0 spiro atoms. The fraction of sp³-hybridized carbons (Fsp3) is 0.429. The molecule has 0 bridgehead atoms. The van der Waals surface area contributed by atoms with E-state index in [9.17, 15) is 0 Å². The molecule has 0 aromatic carbocycles. The molecule has 0 aliphatic carbocycles. The van der Waals surface area contributed by atoms with Gasteiger partial charge in [-0.3, -0.25) is 4.68 Å². The fourth-order valence-corrected chi connectivity index (χ4v) is 3.65. The summed E-state index contributed by atoms with van der Waals surface area (Å²) in [6.07, 6.45) is 1.08. The third-order valence-corrected chi connectivity index (χ3v) is 4.92. The summed E-state index contributed by atoms with van der Waals surface area (Å²) in [5.74, 6) is 1.32. The highest BCUT2D eigenvalue weighted by atomic mass is 35.5. The van der Waals surface area contributed by atoms with E-state index in [1.54, 1.807) is 0 Å². The molecule has 0 fully saturated rings. The summed E-state index contributed by atoms with van der Waals surface area (Å²) in [7, 11) is 1.96. The summed E-state index contributed by atoms with van der Waals surface area (Å²) in [6.45, 7) is 4.97. The molecular weight excluding hydrogens is 292 g/mol. The van der Waals surface area contributed by atoms with Gasteiger partial charge in [0.25, 0.3) is 0 Å². The SMILES string of the molecule is CCc1ccc(Cn2c(CCl)nc3c(C)nn(C)c32)s1. The molecule has 0 N–H and O–H groups in total. The maximum Gasteiger partial charge on any atom is 0.159 e. The highest BCUT2D eigenvalue weighted by Gasteiger charge is 2.17. The van der Waals surface area contributed by atoms with Crippen LogP contribution in [0.25, 0.3) is 11.2 Å². The molecule has 0 radical (unpaired) electrons. The molecule has 20 heavy (non-hydrogen) atoms. The molecule has 0 saturated carbocycles. The Bertz CT molecular complexity index is 753. The normalized spacial score (nSPS) is 11.6. The summed E-state index contributed by atoms with van der Waals surface area (Å²) in [6, 6.07) is 4.39. The van der Waals surface area contributed by atoms with Crippen molar-refractivity contribution in [2.24, 2.45) is 7.05 Å². The molecule has 0 unspecified atom stereocenters. The minimum Gasteiger partial charge on any atom is -0.307 e. The van der Waals surface area contributed by atoms with Crippen molar-refractivity contribution in [2.45, 2.75) is 32.7 Å². The number of aromatic nitrogens is 4. The average molecular weight is 309 g/mol. The molecule has 0 aliphatic heterocycles. The van der Waals surface area contributed by atoms with Crippen LogP contribution in [0.3, 0.4) is 0 Å². The van der Waals surface area contributed by atoms with Crippen LogP contribution in [-0.4, -0.2) is 19.3 Å². The van der Waals surface area contributed by atoms with Gasteiger partial charge in [0.2, 0.25) is 0 Å². The molecule has 3 aromatic heterocycles. The molecule has 106 valence electrons. The summed E-state index contributed by atoms with van der Waals surface area (Å²) in [5, 5.41) is 4.44. The number of thiophene rings is 1. The van der Waals surface area contributed by atoms with E-state index >= 15 is 0 Å². The Morgan fingerprint density at radius 1 is 1.30 bits per heavy atom. The fourth-order valence-electron chi connectivity index (χ4n) is 2.50. The predicted molar refractivity (Wildman–Crippen MR) is 83.6 cm³/mol. The van der Waals surface area contributed by atoms with Gasteiger partial charge in [-0.1, -0.05) is 6.92 Å². The number of alkyl halides is 1. The van der Waals surface area contributed by atoms with Crippen LogP contribution in [-0.2, 0) is 25.9 Å². The Hall–Kier alpha value is -1.33. The molecule has 0 atom stereocenters. The van der Waals surface area contributed by atoms with Gasteiger partial charge in [0.1, 0.15) is 11.3 Å². The number of hydrogen-bond donors (Lipinski definition) is 0.